The Kier molecular flexibility index (Phi) is 7.08. The van der Waals surface area contributed by atoms with E-state index in [0.29, 0.717) is 42.7 Å². The predicted octanol–water partition coefficient (Wildman–Crippen LogP) is 4.28. The number of likely N-dealkylation sites (tertiary alicyclic amines) is 1. The van der Waals surface area contributed by atoms with Gasteiger partial charge in [0.25, 0.3) is 5.91 Å². The Morgan fingerprint density at radius 3 is 2.43 bits per heavy atom. The van der Waals surface area contributed by atoms with E-state index in [0.717, 1.165) is 30.8 Å². The second kappa shape index (κ2) is 10.3. The molecule has 196 valence electrons. The topological polar surface area (TPSA) is 79.0 Å². The zero-order valence-electron chi connectivity index (χ0n) is 22.1. The summed E-state index contributed by atoms with van der Waals surface area (Å²) in [6, 6.07) is 13.4. The van der Waals surface area contributed by atoms with Gasteiger partial charge in [0.05, 0.1) is 6.54 Å². The number of hydrogen-bond donors (Lipinski definition) is 1. The third-order valence-corrected chi connectivity index (χ3v) is 8.22. The fraction of sp³-hybridized carbons (Fsp3) is 0.500. The lowest BCUT2D eigenvalue weighted by Crippen LogP contribution is -2.49. The second-order valence-corrected chi connectivity index (χ2v) is 11.6. The molecule has 2 saturated heterocycles. The molecule has 3 amide bonds. The van der Waals surface area contributed by atoms with Crippen LogP contribution >= 0.6 is 0 Å². The largest absolute Gasteiger partial charge is 0.489 e. The van der Waals surface area contributed by atoms with E-state index in [1.165, 1.54) is 18.4 Å². The Balaban J connectivity index is 1.22. The fourth-order valence-corrected chi connectivity index (χ4v) is 5.66. The Morgan fingerprint density at radius 2 is 1.70 bits per heavy atom. The average molecular weight is 504 g/mol. The van der Waals surface area contributed by atoms with Crippen LogP contribution in [-0.2, 0) is 29.3 Å². The number of benzene rings is 2. The summed E-state index contributed by atoms with van der Waals surface area (Å²) in [5, 5.41) is 2.44. The van der Waals surface area contributed by atoms with Gasteiger partial charge in [-0.25, -0.2) is 0 Å². The number of carbonyl (C=O) groups is 3. The number of hydrogen-bond acceptors (Lipinski definition) is 5. The number of carbonyl (C=O) groups excluding carboxylic acids is 3. The highest BCUT2D eigenvalue weighted by Gasteiger charge is 2.42. The van der Waals surface area contributed by atoms with E-state index in [9.17, 15) is 14.4 Å². The van der Waals surface area contributed by atoms with Gasteiger partial charge >= 0.3 is 0 Å². The van der Waals surface area contributed by atoms with Gasteiger partial charge in [-0.3, -0.25) is 24.6 Å². The van der Waals surface area contributed by atoms with Crippen molar-refractivity contribution in [2.75, 3.05) is 13.1 Å². The number of nitrogens with one attached hydrogen (secondary N) is 1. The number of ether oxygens (including phenoxy) is 1. The number of piperidine rings is 1. The zero-order valence-corrected chi connectivity index (χ0v) is 22.1. The molecule has 0 aromatic heterocycles. The van der Waals surface area contributed by atoms with E-state index in [-0.39, 0.29) is 17.7 Å². The number of fused-ring (bicyclic) bond motifs is 1. The highest BCUT2D eigenvalue weighted by atomic mass is 16.5. The van der Waals surface area contributed by atoms with Crippen LogP contribution < -0.4 is 10.1 Å². The van der Waals surface area contributed by atoms with Crippen molar-refractivity contribution in [2.45, 2.75) is 72.2 Å². The lowest BCUT2D eigenvalue weighted by Gasteiger charge is -2.36. The minimum atomic E-state index is -0.669. The van der Waals surface area contributed by atoms with E-state index in [1.54, 1.807) is 11.0 Å². The van der Waals surface area contributed by atoms with Crippen LogP contribution in [-0.4, -0.2) is 46.7 Å². The summed E-state index contributed by atoms with van der Waals surface area (Å²) in [6.45, 7) is 10.6. The molecule has 1 N–H and O–H groups in total. The summed E-state index contributed by atoms with van der Waals surface area (Å²) in [5.74, 6) is -0.312. The summed E-state index contributed by atoms with van der Waals surface area (Å²) < 4.78 is 6.18. The minimum Gasteiger partial charge on any atom is -0.489 e. The summed E-state index contributed by atoms with van der Waals surface area (Å²) in [7, 11) is 0. The van der Waals surface area contributed by atoms with Crippen LogP contribution in [0.15, 0.2) is 42.5 Å². The van der Waals surface area contributed by atoms with Gasteiger partial charge in [0.15, 0.2) is 0 Å². The van der Waals surface area contributed by atoms with Crippen LogP contribution in [0.2, 0.25) is 0 Å². The molecule has 3 aliphatic heterocycles. The molecule has 3 aliphatic rings. The first-order valence-corrected chi connectivity index (χ1v) is 13.4. The average Bonchev–Trinajstić information content (AvgIpc) is 3.13. The van der Waals surface area contributed by atoms with E-state index in [2.05, 4.69) is 48.3 Å². The molecule has 7 nitrogen and oxygen atoms in total. The van der Waals surface area contributed by atoms with Crippen molar-refractivity contribution in [1.29, 1.82) is 0 Å². The zero-order chi connectivity index (χ0) is 26.2. The van der Waals surface area contributed by atoms with E-state index in [4.69, 9.17) is 4.74 Å². The van der Waals surface area contributed by atoms with Gasteiger partial charge in [-0.1, -0.05) is 51.1 Å². The molecule has 3 heterocycles. The van der Waals surface area contributed by atoms with Gasteiger partial charge in [-0.2, -0.15) is 0 Å². The monoisotopic (exact) mass is 503 g/mol. The van der Waals surface area contributed by atoms with Crippen molar-refractivity contribution in [3.8, 4) is 5.75 Å². The lowest BCUT2D eigenvalue weighted by molar-refractivity contribution is -0.132. The fourth-order valence-electron chi connectivity index (χ4n) is 5.66. The van der Waals surface area contributed by atoms with Crippen molar-refractivity contribution in [2.24, 2.45) is 11.3 Å². The van der Waals surface area contributed by atoms with Gasteiger partial charge in [-0.15, -0.1) is 0 Å². The smallest absolute Gasteiger partial charge is 0.255 e. The molecule has 0 spiro atoms. The maximum absolute atomic E-state index is 13.2. The van der Waals surface area contributed by atoms with Crippen LogP contribution in [0.4, 0.5) is 0 Å². The molecule has 5 rings (SSSR count). The Morgan fingerprint density at radius 1 is 1.00 bits per heavy atom. The van der Waals surface area contributed by atoms with Gasteiger partial charge in [0.2, 0.25) is 11.8 Å². The molecule has 2 aromatic rings. The highest BCUT2D eigenvalue weighted by molar-refractivity contribution is 6.04. The van der Waals surface area contributed by atoms with Crippen LogP contribution in [0.25, 0.3) is 0 Å². The van der Waals surface area contributed by atoms with Gasteiger partial charge in [-0.05, 0) is 66.9 Å². The Labute approximate surface area is 219 Å². The second-order valence-electron chi connectivity index (χ2n) is 11.6. The van der Waals surface area contributed by atoms with E-state index < -0.39 is 11.9 Å². The first-order valence-electron chi connectivity index (χ1n) is 13.4. The van der Waals surface area contributed by atoms with Gasteiger partial charge < -0.3 is 9.64 Å². The maximum Gasteiger partial charge on any atom is 0.255 e. The van der Waals surface area contributed by atoms with E-state index >= 15 is 0 Å². The molecule has 2 atom stereocenters. The van der Waals surface area contributed by atoms with Crippen LogP contribution in [0.3, 0.4) is 0 Å². The molecule has 2 aromatic carbocycles. The van der Waals surface area contributed by atoms with Gasteiger partial charge in [0, 0.05) is 24.1 Å². The normalized spacial score (nSPS) is 24.0. The summed E-state index contributed by atoms with van der Waals surface area (Å²) in [5.41, 5.74) is 4.19. The number of nitrogens with zero attached hydrogens (tertiary/aromatic N) is 2. The quantitative estimate of drug-likeness (QED) is 0.595. The molecule has 0 bridgehead atoms. The van der Waals surface area contributed by atoms with Crippen molar-refractivity contribution >= 4 is 17.7 Å². The van der Waals surface area contributed by atoms with Crippen LogP contribution in [0.5, 0.6) is 5.75 Å². The molecular weight excluding hydrogens is 466 g/mol. The molecule has 2 fully saturated rings. The molecular formula is C30H37N3O4. The van der Waals surface area contributed by atoms with Crippen molar-refractivity contribution in [1.82, 2.24) is 15.1 Å². The molecule has 37 heavy (non-hydrogen) atoms. The van der Waals surface area contributed by atoms with Crippen molar-refractivity contribution < 1.29 is 19.1 Å². The number of imide groups is 1. The van der Waals surface area contributed by atoms with Gasteiger partial charge in [0.1, 0.15) is 18.4 Å². The Bertz CT molecular complexity index is 1180. The predicted molar refractivity (Wildman–Crippen MR) is 141 cm³/mol. The summed E-state index contributed by atoms with van der Waals surface area (Å²) in [6.07, 6.45) is 3.34. The third kappa shape index (κ3) is 5.57. The SMILES string of the molecule is C[C@@H]1CCC(=O)NC(=O)C1N1Cc2c(OCc3ccc(CN4CCC(C)(C)CC4)cc3)cccc2C1=O. The van der Waals surface area contributed by atoms with Crippen molar-refractivity contribution in [3.05, 3.63) is 64.7 Å². The summed E-state index contributed by atoms with van der Waals surface area (Å²) in [4.78, 5) is 42.0. The molecule has 1 unspecified atom stereocenters. The number of rotatable bonds is 6. The molecule has 0 radical (unpaired) electrons. The first kappa shape index (κ1) is 25.5. The molecule has 0 aliphatic carbocycles. The summed E-state index contributed by atoms with van der Waals surface area (Å²) >= 11 is 0. The highest BCUT2D eigenvalue weighted by Crippen LogP contribution is 2.35. The van der Waals surface area contributed by atoms with Crippen molar-refractivity contribution in [3.63, 3.8) is 0 Å². The molecule has 7 heteroatoms. The Hall–Kier alpha value is -3.19. The third-order valence-electron chi connectivity index (χ3n) is 8.22. The van der Waals surface area contributed by atoms with Crippen LogP contribution in [0.1, 0.15) is 73.5 Å². The molecule has 0 saturated carbocycles. The minimum absolute atomic E-state index is 0.107. The van der Waals surface area contributed by atoms with E-state index in [1.807, 2.05) is 19.1 Å². The maximum atomic E-state index is 13.2. The first-order chi connectivity index (χ1) is 17.7. The number of amides is 3. The standard InChI is InChI=1S/C30H37N3O4/c1-20-7-12-26(34)31-28(35)27(20)33-18-24-23(29(33)36)5-4-6-25(24)37-19-22-10-8-21(9-11-22)17-32-15-13-30(2,3)14-16-32/h4-6,8-11,20,27H,7,12-19H2,1-3H3,(H,31,34,35)/t20-,27?/m1/s1. The lowest BCUT2D eigenvalue weighted by atomic mass is 9.82. The van der Waals surface area contributed by atoms with Crippen LogP contribution in [0, 0.1) is 11.3 Å².